The number of hydrogen-bond acceptors (Lipinski definition) is 2. The van der Waals surface area contributed by atoms with Gasteiger partial charge in [0.2, 0.25) is 0 Å². The molecule has 0 saturated carbocycles. The van der Waals surface area contributed by atoms with Gasteiger partial charge in [0.1, 0.15) is 0 Å². The van der Waals surface area contributed by atoms with Crippen molar-refractivity contribution in [2.75, 3.05) is 31.1 Å². The third-order valence-electron chi connectivity index (χ3n) is 2.98. The zero-order chi connectivity index (χ0) is 14.0. The molecule has 104 valence electrons. The van der Waals surface area contributed by atoms with Crippen LogP contribution in [-0.4, -0.2) is 40.8 Å². The Morgan fingerprint density at radius 3 is 2.26 bits per heavy atom. The fourth-order valence-corrected chi connectivity index (χ4v) is 2.56. The summed E-state index contributed by atoms with van der Waals surface area (Å²) in [4.78, 5) is 15.5. The Balaban J connectivity index is 1.98. The molecule has 1 aromatic carbocycles. The highest BCUT2D eigenvalue weighted by Crippen LogP contribution is 2.29. The van der Waals surface area contributed by atoms with Gasteiger partial charge < -0.3 is 9.80 Å². The minimum absolute atomic E-state index is 0.469. The number of nitrogens with zero attached hydrogens (tertiary/aromatic N) is 2. The van der Waals surface area contributed by atoms with E-state index >= 15 is 0 Å². The van der Waals surface area contributed by atoms with Crippen LogP contribution in [-0.2, 0) is 4.79 Å². The Labute approximate surface area is 132 Å². The van der Waals surface area contributed by atoms with E-state index in [1.165, 1.54) is 0 Å². The number of carbonyl (C=O) groups is 1. The second-order valence-corrected chi connectivity index (χ2v) is 6.97. The van der Waals surface area contributed by atoms with E-state index in [1.807, 2.05) is 24.3 Å². The summed E-state index contributed by atoms with van der Waals surface area (Å²) in [5, 5.41) is 0.692. The van der Waals surface area contributed by atoms with Gasteiger partial charge in [0, 0.05) is 36.9 Å². The molecule has 3 nitrogen and oxygen atoms in total. The van der Waals surface area contributed by atoms with Gasteiger partial charge in [0.25, 0.3) is 9.70 Å². The first-order valence-electron chi connectivity index (χ1n) is 5.74. The van der Waals surface area contributed by atoms with Crippen LogP contribution in [0.3, 0.4) is 0 Å². The average molecular weight is 342 g/mol. The summed E-state index contributed by atoms with van der Waals surface area (Å²) in [7, 11) is 0. The molecule has 1 aromatic rings. The molecule has 1 aliphatic rings. The van der Waals surface area contributed by atoms with Crippen molar-refractivity contribution in [1.29, 1.82) is 0 Å². The van der Waals surface area contributed by atoms with Crippen molar-refractivity contribution >= 4 is 58.0 Å². The Hall–Kier alpha value is -0.350. The third-order valence-corrected chi connectivity index (χ3v) is 3.70. The van der Waals surface area contributed by atoms with Gasteiger partial charge in [0.05, 0.1) is 0 Å². The van der Waals surface area contributed by atoms with Crippen LogP contribution in [0.15, 0.2) is 24.3 Å². The lowest BCUT2D eigenvalue weighted by Crippen LogP contribution is -2.51. The van der Waals surface area contributed by atoms with Gasteiger partial charge in [-0.2, -0.15) is 0 Å². The topological polar surface area (TPSA) is 23.6 Å². The van der Waals surface area contributed by atoms with Crippen molar-refractivity contribution in [2.45, 2.75) is 3.79 Å². The first-order chi connectivity index (χ1) is 8.88. The highest BCUT2D eigenvalue weighted by Gasteiger charge is 2.36. The molecule has 1 amide bonds. The fraction of sp³-hybridized carbons (Fsp3) is 0.417. The second kappa shape index (κ2) is 5.96. The van der Waals surface area contributed by atoms with E-state index in [2.05, 4.69) is 4.90 Å². The molecular weight excluding hydrogens is 330 g/mol. The summed E-state index contributed by atoms with van der Waals surface area (Å²) in [5.74, 6) is -0.469. The molecule has 7 heteroatoms. The molecule has 2 rings (SSSR count). The molecule has 0 N–H and O–H groups in total. The largest absolute Gasteiger partial charge is 0.368 e. The van der Waals surface area contributed by atoms with Gasteiger partial charge in [-0.3, -0.25) is 4.79 Å². The number of amides is 1. The maximum absolute atomic E-state index is 11.8. The SMILES string of the molecule is O=C(N1CCN(c2cccc(Cl)c2)CC1)C(Cl)(Cl)Cl. The third kappa shape index (κ3) is 3.82. The summed E-state index contributed by atoms with van der Waals surface area (Å²) in [5.41, 5.74) is 1.04. The lowest BCUT2D eigenvalue weighted by molar-refractivity contribution is -0.130. The lowest BCUT2D eigenvalue weighted by atomic mass is 10.2. The molecule has 0 radical (unpaired) electrons. The van der Waals surface area contributed by atoms with Crippen molar-refractivity contribution < 1.29 is 4.79 Å². The molecule has 1 fully saturated rings. The van der Waals surface area contributed by atoms with Crippen LogP contribution in [0.2, 0.25) is 5.02 Å². The fourth-order valence-electron chi connectivity index (χ4n) is 2.02. The van der Waals surface area contributed by atoms with Crippen molar-refractivity contribution in [3.05, 3.63) is 29.3 Å². The highest BCUT2D eigenvalue weighted by molar-refractivity contribution is 6.76. The predicted molar refractivity (Wildman–Crippen MR) is 80.5 cm³/mol. The first kappa shape index (κ1) is 15.0. The molecule has 1 aliphatic heterocycles. The quantitative estimate of drug-likeness (QED) is 0.731. The molecule has 19 heavy (non-hydrogen) atoms. The van der Waals surface area contributed by atoms with Crippen molar-refractivity contribution in [3.8, 4) is 0 Å². The lowest BCUT2D eigenvalue weighted by Gasteiger charge is -2.37. The minimum atomic E-state index is -1.88. The van der Waals surface area contributed by atoms with Crippen molar-refractivity contribution in [3.63, 3.8) is 0 Å². The highest BCUT2D eigenvalue weighted by atomic mass is 35.6. The maximum atomic E-state index is 11.8. The number of hydrogen-bond donors (Lipinski definition) is 0. The van der Waals surface area contributed by atoms with Crippen molar-refractivity contribution in [1.82, 2.24) is 4.90 Å². The molecule has 0 aliphatic carbocycles. The molecule has 0 bridgehead atoms. The van der Waals surface area contributed by atoms with E-state index in [0.29, 0.717) is 31.2 Å². The minimum Gasteiger partial charge on any atom is -0.368 e. The number of halogens is 4. The van der Waals surface area contributed by atoms with Crippen LogP contribution in [0.4, 0.5) is 5.69 Å². The Morgan fingerprint density at radius 1 is 1.11 bits per heavy atom. The average Bonchev–Trinajstić information content (AvgIpc) is 2.37. The molecule has 0 atom stereocenters. The van der Waals surface area contributed by atoms with Gasteiger partial charge in [-0.25, -0.2) is 0 Å². The number of anilines is 1. The summed E-state index contributed by atoms with van der Waals surface area (Å²) >= 11 is 22.8. The molecule has 0 spiro atoms. The molecule has 0 unspecified atom stereocenters. The Bertz CT molecular complexity index is 467. The Kier molecular flexibility index (Phi) is 4.72. The van der Waals surface area contributed by atoms with E-state index in [9.17, 15) is 4.79 Å². The van der Waals surface area contributed by atoms with Crippen LogP contribution in [0, 0.1) is 0 Å². The van der Waals surface area contributed by atoms with Crippen LogP contribution in [0.5, 0.6) is 0 Å². The number of benzene rings is 1. The van der Waals surface area contributed by atoms with Crippen LogP contribution in [0.25, 0.3) is 0 Å². The normalized spacial score (nSPS) is 16.6. The summed E-state index contributed by atoms with van der Waals surface area (Å²) in [6.45, 7) is 2.43. The molecule has 1 heterocycles. The van der Waals surface area contributed by atoms with E-state index < -0.39 is 9.70 Å². The van der Waals surface area contributed by atoms with Crippen LogP contribution < -0.4 is 4.90 Å². The standard InChI is InChI=1S/C12H12Cl4N2O/c13-9-2-1-3-10(8-9)17-4-6-18(7-5-17)11(19)12(14,15)16/h1-3,8H,4-7H2. The number of alkyl halides is 3. The second-order valence-electron chi connectivity index (χ2n) is 4.26. The summed E-state index contributed by atoms with van der Waals surface area (Å²) < 4.78 is -1.88. The van der Waals surface area contributed by atoms with Gasteiger partial charge >= 0.3 is 0 Å². The van der Waals surface area contributed by atoms with Gasteiger partial charge in [0.15, 0.2) is 0 Å². The number of carbonyl (C=O) groups excluding carboxylic acids is 1. The number of rotatable bonds is 1. The van der Waals surface area contributed by atoms with Crippen LogP contribution >= 0.6 is 46.4 Å². The molecule has 0 aromatic heterocycles. The van der Waals surface area contributed by atoms with E-state index in [0.717, 1.165) is 5.69 Å². The van der Waals surface area contributed by atoms with Gasteiger partial charge in [-0.15, -0.1) is 0 Å². The van der Waals surface area contributed by atoms with E-state index in [4.69, 9.17) is 46.4 Å². The first-order valence-corrected chi connectivity index (χ1v) is 7.26. The van der Waals surface area contributed by atoms with Gasteiger partial charge in [-0.05, 0) is 18.2 Å². The van der Waals surface area contributed by atoms with Crippen molar-refractivity contribution in [2.24, 2.45) is 0 Å². The van der Waals surface area contributed by atoms with E-state index in [1.54, 1.807) is 4.90 Å². The van der Waals surface area contributed by atoms with E-state index in [-0.39, 0.29) is 0 Å². The molecule has 1 saturated heterocycles. The Morgan fingerprint density at radius 2 is 1.74 bits per heavy atom. The zero-order valence-electron chi connectivity index (χ0n) is 9.95. The molecular formula is C12H12Cl4N2O. The monoisotopic (exact) mass is 340 g/mol. The smallest absolute Gasteiger partial charge is 0.274 e. The van der Waals surface area contributed by atoms with Crippen LogP contribution in [0.1, 0.15) is 0 Å². The summed E-state index contributed by atoms with van der Waals surface area (Å²) in [6.07, 6.45) is 0. The maximum Gasteiger partial charge on any atom is 0.274 e. The van der Waals surface area contributed by atoms with Gasteiger partial charge in [-0.1, -0.05) is 52.5 Å². The zero-order valence-corrected chi connectivity index (χ0v) is 13.0. The summed E-state index contributed by atoms with van der Waals surface area (Å²) in [6, 6.07) is 7.61. The number of piperazine rings is 1. The predicted octanol–water partition coefficient (Wildman–Crippen LogP) is 3.36.